The van der Waals surface area contributed by atoms with Crippen LogP contribution in [0.3, 0.4) is 0 Å². The number of nitrogens with zero attached hydrogens (tertiary/aromatic N) is 4. The zero-order valence-electron chi connectivity index (χ0n) is 10.7. The van der Waals surface area contributed by atoms with E-state index in [9.17, 15) is 5.11 Å². The highest BCUT2D eigenvalue weighted by Crippen LogP contribution is 2.26. The molecule has 0 spiro atoms. The third-order valence-electron chi connectivity index (χ3n) is 2.52. The summed E-state index contributed by atoms with van der Waals surface area (Å²) < 4.78 is 5.61. The fraction of sp³-hybridized carbons (Fsp3) is 0.417. The number of aryl methyl sites for hydroxylation is 2. The Morgan fingerprint density at radius 2 is 2.22 bits per heavy atom. The summed E-state index contributed by atoms with van der Waals surface area (Å²) in [5, 5.41) is 21.3. The lowest BCUT2D eigenvalue weighted by Gasteiger charge is -2.13. The Labute approximate surface area is 105 Å². The molecule has 18 heavy (non-hydrogen) atoms. The number of hydrogen-bond donors (Lipinski definition) is 1. The minimum absolute atomic E-state index is 0.233. The molecule has 1 heterocycles. The number of ether oxygens (including phenoxy) is 1. The summed E-state index contributed by atoms with van der Waals surface area (Å²) in [6.45, 7) is 3.92. The molecule has 2 rings (SSSR count). The van der Waals surface area contributed by atoms with Gasteiger partial charge in [0.2, 0.25) is 5.82 Å². The molecule has 6 nitrogen and oxygen atoms in total. The Morgan fingerprint density at radius 1 is 1.44 bits per heavy atom. The highest BCUT2D eigenvalue weighted by atomic mass is 16.5. The molecule has 0 aliphatic rings. The van der Waals surface area contributed by atoms with E-state index < -0.39 is 6.10 Å². The molecule has 0 bridgehead atoms. The summed E-state index contributed by atoms with van der Waals surface area (Å²) in [5.74, 6) is 1.15. The molecule has 1 aromatic carbocycles. The van der Waals surface area contributed by atoms with Crippen LogP contribution in [0.5, 0.6) is 5.75 Å². The van der Waals surface area contributed by atoms with Gasteiger partial charge in [0.25, 0.3) is 0 Å². The van der Waals surface area contributed by atoms with Crippen molar-refractivity contribution in [3.8, 4) is 5.75 Å². The van der Waals surface area contributed by atoms with Crippen LogP contribution in [0.4, 0.5) is 0 Å². The van der Waals surface area contributed by atoms with Crippen molar-refractivity contribution in [3.05, 3.63) is 35.2 Å². The van der Waals surface area contributed by atoms with Crippen LogP contribution in [-0.2, 0) is 13.7 Å². The van der Waals surface area contributed by atoms with Crippen molar-refractivity contribution >= 4 is 0 Å². The Balaban J connectivity index is 2.13. The minimum Gasteiger partial charge on any atom is -0.485 e. The number of aliphatic hydroxyl groups excluding tert-OH is 1. The highest BCUT2D eigenvalue weighted by molar-refractivity contribution is 5.38. The number of hydrogen-bond acceptors (Lipinski definition) is 5. The van der Waals surface area contributed by atoms with Gasteiger partial charge in [-0.3, -0.25) is 0 Å². The van der Waals surface area contributed by atoms with Gasteiger partial charge in [-0.15, -0.1) is 10.2 Å². The molecule has 1 aromatic heterocycles. The maximum absolute atomic E-state index is 9.70. The lowest BCUT2D eigenvalue weighted by molar-refractivity contribution is 0.189. The van der Waals surface area contributed by atoms with E-state index in [4.69, 9.17) is 4.74 Å². The first-order valence-electron chi connectivity index (χ1n) is 5.70. The molecule has 0 radical (unpaired) electrons. The Kier molecular flexibility index (Phi) is 3.57. The van der Waals surface area contributed by atoms with E-state index in [-0.39, 0.29) is 6.61 Å². The Hall–Kier alpha value is -1.95. The summed E-state index contributed by atoms with van der Waals surface area (Å²) >= 11 is 0. The lowest BCUT2D eigenvalue weighted by Crippen LogP contribution is -2.03. The van der Waals surface area contributed by atoms with Gasteiger partial charge in [0.05, 0.1) is 13.2 Å². The number of benzene rings is 1. The Morgan fingerprint density at radius 3 is 2.83 bits per heavy atom. The molecule has 0 amide bonds. The first-order chi connectivity index (χ1) is 8.56. The summed E-state index contributed by atoms with van der Waals surface area (Å²) in [4.78, 5) is 1.38. The van der Waals surface area contributed by atoms with Crippen LogP contribution in [-0.4, -0.2) is 25.3 Å². The van der Waals surface area contributed by atoms with Crippen LogP contribution < -0.4 is 4.74 Å². The van der Waals surface area contributed by atoms with E-state index in [2.05, 4.69) is 15.4 Å². The second kappa shape index (κ2) is 5.14. The maximum Gasteiger partial charge on any atom is 0.212 e. The molecule has 1 atom stereocenters. The first kappa shape index (κ1) is 12.5. The van der Waals surface area contributed by atoms with Crippen LogP contribution in [0.15, 0.2) is 18.2 Å². The van der Waals surface area contributed by atoms with Crippen LogP contribution in [0, 0.1) is 6.92 Å². The van der Waals surface area contributed by atoms with E-state index in [1.807, 2.05) is 25.1 Å². The number of aromatic nitrogens is 4. The third-order valence-corrected chi connectivity index (χ3v) is 2.52. The standard InChI is InChI=1S/C12H16N4O2/c1-8-4-5-11(10(6-8)9(2)17)18-7-12-13-15-16(3)14-12/h4-6,9,17H,7H2,1-3H3/t9-/m0/s1. The van der Waals surface area contributed by atoms with Crippen molar-refractivity contribution in [2.45, 2.75) is 26.6 Å². The SMILES string of the molecule is Cc1ccc(OCc2nnn(C)n2)c([C@H](C)O)c1. The molecular weight excluding hydrogens is 232 g/mol. The quantitative estimate of drug-likeness (QED) is 0.878. The van der Waals surface area contributed by atoms with Gasteiger partial charge in [-0.2, -0.15) is 4.80 Å². The summed E-state index contributed by atoms with van der Waals surface area (Å²) in [7, 11) is 1.70. The van der Waals surface area contributed by atoms with Gasteiger partial charge in [0, 0.05) is 5.56 Å². The van der Waals surface area contributed by atoms with Crippen LogP contribution >= 0.6 is 0 Å². The van der Waals surface area contributed by atoms with Gasteiger partial charge in [-0.25, -0.2) is 0 Å². The zero-order valence-corrected chi connectivity index (χ0v) is 10.7. The molecule has 0 aliphatic heterocycles. The normalized spacial score (nSPS) is 12.4. The van der Waals surface area contributed by atoms with E-state index in [0.717, 1.165) is 11.1 Å². The van der Waals surface area contributed by atoms with Crippen LogP contribution in [0.1, 0.15) is 30.0 Å². The molecule has 96 valence electrons. The maximum atomic E-state index is 9.70. The van der Waals surface area contributed by atoms with E-state index >= 15 is 0 Å². The minimum atomic E-state index is -0.574. The second-order valence-corrected chi connectivity index (χ2v) is 4.20. The van der Waals surface area contributed by atoms with Gasteiger partial charge >= 0.3 is 0 Å². The molecule has 0 saturated carbocycles. The van der Waals surface area contributed by atoms with Crippen molar-refractivity contribution < 1.29 is 9.84 Å². The van der Waals surface area contributed by atoms with Crippen molar-refractivity contribution in [2.24, 2.45) is 7.05 Å². The highest BCUT2D eigenvalue weighted by Gasteiger charge is 2.10. The molecule has 2 aromatic rings. The van der Waals surface area contributed by atoms with Gasteiger partial charge < -0.3 is 9.84 Å². The van der Waals surface area contributed by atoms with Crippen molar-refractivity contribution in [1.29, 1.82) is 0 Å². The van der Waals surface area contributed by atoms with Gasteiger partial charge in [0.15, 0.2) is 6.61 Å². The average molecular weight is 248 g/mol. The van der Waals surface area contributed by atoms with Crippen LogP contribution in [0.25, 0.3) is 0 Å². The second-order valence-electron chi connectivity index (χ2n) is 4.20. The average Bonchev–Trinajstić information content (AvgIpc) is 2.73. The van der Waals surface area contributed by atoms with Gasteiger partial charge in [-0.05, 0) is 31.2 Å². The number of rotatable bonds is 4. The van der Waals surface area contributed by atoms with Crippen molar-refractivity contribution in [2.75, 3.05) is 0 Å². The van der Waals surface area contributed by atoms with Gasteiger partial charge in [-0.1, -0.05) is 11.6 Å². The summed E-state index contributed by atoms with van der Waals surface area (Å²) in [5.41, 5.74) is 1.84. The molecule has 0 fully saturated rings. The van der Waals surface area contributed by atoms with Crippen molar-refractivity contribution in [1.82, 2.24) is 20.2 Å². The zero-order chi connectivity index (χ0) is 13.1. The molecule has 6 heteroatoms. The predicted molar refractivity (Wildman–Crippen MR) is 64.9 cm³/mol. The first-order valence-corrected chi connectivity index (χ1v) is 5.70. The molecular formula is C12H16N4O2. The van der Waals surface area contributed by atoms with Gasteiger partial charge in [0.1, 0.15) is 5.75 Å². The number of aliphatic hydroxyl groups is 1. The largest absolute Gasteiger partial charge is 0.485 e. The third kappa shape index (κ3) is 2.84. The van der Waals surface area contributed by atoms with Crippen LogP contribution in [0.2, 0.25) is 0 Å². The van der Waals surface area contributed by atoms with E-state index in [1.165, 1.54) is 4.80 Å². The topological polar surface area (TPSA) is 73.1 Å². The van der Waals surface area contributed by atoms with Crippen molar-refractivity contribution in [3.63, 3.8) is 0 Å². The monoisotopic (exact) mass is 248 g/mol. The summed E-state index contributed by atoms with van der Waals surface area (Å²) in [6, 6.07) is 5.68. The molecule has 1 N–H and O–H groups in total. The predicted octanol–water partition coefficient (Wildman–Crippen LogP) is 1.15. The number of tetrazole rings is 1. The Bertz CT molecular complexity index is 537. The molecule has 0 saturated heterocycles. The summed E-state index contributed by atoms with van der Waals surface area (Å²) in [6.07, 6.45) is -0.574. The fourth-order valence-electron chi connectivity index (χ4n) is 1.65. The smallest absolute Gasteiger partial charge is 0.212 e. The fourth-order valence-corrected chi connectivity index (χ4v) is 1.65. The lowest BCUT2D eigenvalue weighted by atomic mass is 10.1. The molecule has 0 unspecified atom stereocenters. The molecule has 0 aliphatic carbocycles. The van der Waals surface area contributed by atoms with E-state index in [1.54, 1.807) is 14.0 Å². The van der Waals surface area contributed by atoms with E-state index in [0.29, 0.717) is 11.6 Å².